The van der Waals surface area contributed by atoms with E-state index in [-0.39, 0.29) is 19.4 Å². The Bertz CT molecular complexity index is 1850. The van der Waals surface area contributed by atoms with Crippen molar-refractivity contribution >= 4 is 11.9 Å². The summed E-state index contributed by atoms with van der Waals surface area (Å²) in [5.41, 5.74) is 0. The molecule has 8 atom stereocenters. The van der Waals surface area contributed by atoms with Crippen LogP contribution in [0.2, 0.25) is 0 Å². The molecule has 85 heavy (non-hydrogen) atoms. The van der Waals surface area contributed by atoms with E-state index in [0.29, 0.717) is 19.3 Å². The van der Waals surface area contributed by atoms with Crippen LogP contribution in [0.4, 0.5) is 0 Å². The second-order valence-electron chi connectivity index (χ2n) is 23.2. The number of ether oxygens (including phenoxy) is 3. The van der Waals surface area contributed by atoms with Crippen molar-refractivity contribution in [3.05, 3.63) is 122 Å². The lowest BCUT2D eigenvalue weighted by Gasteiger charge is -2.41. The summed E-state index contributed by atoms with van der Waals surface area (Å²) in [6.45, 7) is 5.61. The predicted molar refractivity (Wildman–Crippen MR) is 356 cm³/mol. The van der Waals surface area contributed by atoms with Gasteiger partial charge in [-0.05, 0) is 103 Å². The van der Waals surface area contributed by atoms with Crippen molar-refractivity contribution in [1.82, 2.24) is 5.32 Å². The second-order valence-corrected chi connectivity index (χ2v) is 23.2. The Kier molecular flexibility index (Phi) is 56.1. The van der Waals surface area contributed by atoms with Crippen molar-refractivity contribution in [2.24, 2.45) is 0 Å². The van der Waals surface area contributed by atoms with Crippen molar-refractivity contribution < 1.29 is 49.3 Å². The lowest BCUT2D eigenvalue weighted by molar-refractivity contribution is -0.305. The molecule has 1 heterocycles. The van der Waals surface area contributed by atoms with Crippen LogP contribution in [0.1, 0.15) is 271 Å². The highest BCUT2D eigenvalue weighted by Crippen LogP contribution is 2.26. The first-order valence-electron chi connectivity index (χ1n) is 34.3. The fourth-order valence-electron chi connectivity index (χ4n) is 9.98. The Labute approximate surface area is 519 Å². The minimum atomic E-state index is -1.65. The van der Waals surface area contributed by atoms with E-state index >= 15 is 0 Å². The smallest absolute Gasteiger partial charge is 0.306 e. The summed E-state index contributed by atoms with van der Waals surface area (Å²) in [6, 6.07) is -1.05. The fourth-order valence-corrected chi connectivity index (χ4v) is 9.98. The SMILES string of the molecule is CC/C=C\C/C=C\C/C=C\C/C=C\C/C=C\C/C=C\CCC(=O)OC1C(OCC(NC(=O)C(O)CCCCCCCCCCCCCCC/C=C\C/C=C\C/C=C\CCCCC)C(O)/C=C/CCCCCCCCCCC)OC(CO)C(O)C1O. The molecule has 0 saturated carbocycles. The van der Waals surface area contributed by atoms with Crippen LogP contribution in [0.15, 0.2) is 122 Å². The zero-order chi connectivity index (χ0) is 61.7. The highest BCUT2D eigenvalue weighted by molar-refractivity contribution is 5.80. The topological polar surface area (TPSA) is 175 Å². The largest absolute Gasteiger partial charge is 0.454 e. The number of aliphatic hydroxyl groups excluding tert-OH is 5. The van der Waals surface area contributed by atoms with E-state index < -0.39 is 67.4 Å². The van der Waals surface area contributed by atoms with Gasteiger partial charge in [-0.3, -0.25) is 9.59 Å². The Balaban J connectivity index is 2.61. The van der Waals surface area contributed by atoms with Gasteiger partial charge in [-0.1, -0.05) is 284 Å². The molecular weight excluding hydrogens is 1060 g/mol. The van der Waals surface area contributed by atoms with Crippen molar-refractivity contribution in [2.75, 3.05) is 13.2 Å². The Morgan fingerprint density at radius 1 is 0.471 bits per heavy atom. The molecule has 11 nitrogen and oxygen atoms in total. The van der Waals surface area contributed by atoms with Crippen LogP contribution < -0.4 is 5.32 Å². The molecule has 1 aliphatic heterocycles. The molecule has 0 aromatic rings. The molecule has 0 aromatic heterocycles. The molecule has 486 valence electrons. The van der Waals surface area contributed by atoms with Crippen LogP contribution in [0, 0.1) is 0 Å². The maximum atomic E-state index is 13.5. The molecule has 0 aliphatic carbocycles. The number of hydrogen-bond donors (Lipinski definition) is 6. The van der Waals surface area contributed by atoms with Gasteiger partial charge in [-0.15, -0.1) is 0 Å². The van der Waals surface area contributed by atoms with Gasteiger partial charge in [0, 0.05) is 6.42 Å². The van der Waals surface area contributed by atoms with Gasteiger partial charge >= 0.3 is 5.97 Å². The third-order valence-corrected chi connectivity index (χ3v) is 15.4. The van der Waals surface area contributed by atoms with Crippen LogP contribution in [-0.4, -0.2) is 99.6 Å². The van der Waals surface area contributed by atoms with Gasteiger partial charge in [0.25, 0.3) is 0 Å². The van der Waals surface area contributed by atoms with Crippen molar-refractivity contribution in [2.45, 2.75) is 320 Å². The number of unbranched alkanes of at least 4 members (excludes halogenated alkanes) is 25. The molecule has 1 rings (SSSR count). The predicted octanol–water partition coefficient (Wildman–Crippen LogP) is 17.4. The number of aliphatic hydroxyl groups is 5. The first-order valence-corrected chi connectivity index (χ1v) is 34.3. The van der Waals surface area contributed by atoms with Crippen molar-refractivity contribution in [1.29, 1.82) is 0 Å². The Morgan fingerprint density at radius 2 is 0.847 bits per heavy atom. The number of carbonyl (C=O) groups excluding carboxylic acids is 2. The maximum Gasteiger partial charge on any atom is 0.306 e. The van der Waals surface area contributed by atoms with Crippen LogP contribution in [0.25, 0.3) is 0 Å². The number of hydrogen-bond acceptors (Lipinski definition) is 10. The quantitative estimate of drug-likeness (QED) is 0.0195. The highest BCUT2D eigenvalue weighted by Gasteiger charge is 2.47. The van der Waals surface area contributed by atoms with Gasteiger partial charge in [0.15, 0.2) is 12.4 Å². The summed E-state index contributed by atoms with van der Waals surface area (Å²) < 4.78 is 17.6. The number of carbonyl (C=O) groups is 2. The molecule has 1 saturated heterocycles. The summed E-state index contributed by atoms with van der Waals surface area (Å²) in [5.74, 6) is -1.29. The van der Waals surface area contributed by atoms with Gasteiger partial charge in [0.05, 0.1) is 25.4 Å². The molecule has 1 aliphatic rings. The van der Waals surface area contributed by atoms with E-state index in [0.717, 1.165) is 89.9 Å². The van der Waals surface area contributed by atoms with Gasteiger partial charge in [-0.25, -0.2) is 0 Å². The van der Waals surface area contributed by atoms with Crippen LogP contribution >= 0.6 is 0 Å². The molecule has 0 spiro atoms. The van der Waals surface area contributed by atoms with E-state index in [4.69, 9.17) is 14.2 Å². The average Bonchev–Trinajstić information content (AvgIpc) is 2.90. The third kappa shape index (κ3) is 47.8. The number of rotatable bonds is 57. The summed E-state index contributed by atoms with van der Waals surface area (Å²) in [4.78, 5) is 26.6. The monoisotopic (exact) mass is 1190 g/mol. The summed E-state index contributed by atoms with van der Waals surface area (Å²) in [6.07, 6.45) is 74.0. The highest BCUT2D eigenvalue weighted by atomic mass is 16.7. The minimum Gasteiger partial charge on any atom is -0.454 e. The number of allylic oxidation sites excluding steroid dienone is 19. The molecular formula is C74H125NO10. The summed E-state index contributed by atoms with van der Waals surface area (Å²) in [5, 5.41) is 57.1. The first-order chi connectivity index (χ1) is 41.7. The van der Waals surface area contributed by atoms with Gasteiger partial charge < -0.3 is 45.1 Å². The van der Waals surface area contributed by atoms with E-state index in [2.05, 4.69) is 123 Å². The molecule has 0 radical (unpaired) electrons. The van der Waals surface area contributed by atoms with Gasteiger partial charge in [0.2, 0.25) is 5.91 Å². The van der Waals surface area contributed by atoms with E-state index in [1.165, 1.54) is 128 Å². The molecule has 0 aromatic carbocycles. The van der Waals surface area contributed by atoms with Crippen molar-refractivity contribution in [3.63, 3.8) is 0 Å². The van der Waals surface area contributed by atoms with Crippen LogP contribution in [0.3, 0.4) is 0 Å². The normalized spacial score (nSPS) is 19.2. The molecule has 0 bridgehead atoms. The van der Waals surface area contributed by atoms with Crippen LogP contribution in [-0.2, 0) is 23.8 Å². The summed E-state index contributed by atoms with van der Waals surface area (Å²) in [7, 11) is 0. The minimum absolute atomic E-state index is 0.00692. The maximum absolute atomic E-state index is 13.5. The van der Waals surface area contributed by atoms with Gasteiger partial charge in [-0.2, -0.15) is 0 Å². The number of nitrogens with one attached hydrogen (secondary N) is 1. The third-order valence-electron chi connectivity index (χ3n) is 15.4. The second kappa shape index (κ2) is 60.3. The standard InChI is InChI=1S/C74H125NO10/c1-4-7-10-13-16-19-22-24-26-28-30-31-32-33-34-35-36-38-39-41-43-46-49-52-55-58-61-67(78)73(82)75-65(66(77)60-57-54-51-48-45-21-18-15-12-9-6-3)64-83-74-72(71(81)70(80)68(63-76)84-74)85-69(79)62-59-56-53-50-47-44-42-40-37-29-27-25-23-20-17-14-11-8-5-2/h8,11,16-17,19-20,24-27,30-31,37,40,44,47,53,56-57,60,65-68,70-72,74,76-78,80-81H,4-7,9-10,12-15,18,21-23,28-29,32-36,38-39,41-43,45-46,48-52,54-55,58-59,61-64H2,1-3H3,(H,75,82)/b11-8-,19-16-,20-17-,26-24-,27-25-,31-30-,40-37-,47-44-,56-53-,60-57+. The zero-order valence-electron chi connectivity index (χ0n) is 53.9. The molecule has 1 fully saturated rings. The molecule has 11 heteroatoms. The molecule has 8 unspecified atom stereocenters. The van der Waals surface area contributed by atoms with E-state index in [1.807, 2.05) is 18.2 Å². The lowest BCUT2D eigenvalue weighted by atomic mass is 9.99. The van der Waals surface area contributed by atoms with Crippen molar-refractivity contribution in [3.8, 4) is 0 Å². The molecule has 1 amide bonds. The van der Waals surface area contributed by atoms with Crippen LogP contribution in [0.5, 0.6) is 0 Å². The number of amides is 1. The average molecular weight is 1190 g/mol. The summed E-state index contributed by atoms with van der Waals surface area (Å²) >= 11 is 0. The van der Waals surface area contributed by atoms with E-state index in [9.17, 15) is 35.1 Å². The lowest BCUT2D eigenvalue weighted by Crippen LogP contribution is -2.61. The fraction of sp³-hybridized carbons (Fsp3) is 0.703. The van der Waals surface area contributed by atoms with E-state index in [1.54, 1.807) is 6.08 Å². The Morgan fingerprint density at radius 3 is 1.29 bits per heavy atom. The number of esters is 1. The Hall–Kier alpha value is -3.94. The van der Waals surface area contributed by atoms with Gasteiger partial charge in [0.1, 0.15) is 24.4 Å². The zero-order valence-corrected chi connectivity index (χ0v) is 53.9. The molecule has 6 N–H and O–H groups in total. The first kappa shape index (κ1) is 79.1.